The van der Waals surface area contributed by atoms with Crippen LogP contribution in [-0.4, -0.2) is 31.6 Å². The Morgan fingerprint density at radius 1 is 1.19 bits per heavy atom. The monoisotopic (exact) mass is 292 g/mol. The van der Waals surface area contributed by atoms with Crippen molar-refractivity contribution in [3.8, 4) is 0 Å². The van der Waals surface area contributed by atoms with E-state index in [0.29, 0.717) is 26.0 Å². The molecule has 0 unspecified atom stereocenters. The van der Waals surface area contributed by atoms with E-state index in [2.05, 4.69) is 10.6 Å². The molecular formula is C16H24N2O3. The third-order valence-corrected chi connectivity index (χ3v) is 3.09. The van der Waals surface area contributed by atoms with E-state index >= 15 is 0 Å². The maximum Gasteiger partial charge on any atom is 0.305 e. The van der Waals surface area contributed by atoms with Crippen LogP contribution in [0.1, 0.15) is 30.9 Å². The van der Waals surface area contributed by atoms with Gasteiger partial charge in [-0.1, -0.05) is 18.2 Å². The van der Waals surface area contributed by atoms with Crippen LogP contribution in [-0.2, 0) is 14.3 Å². The molecule has 0 spiro atoms. The molecule has 2 N–H and O–H groups in total. The van der Waals surface area contributed by atoms with Gasteiger partial charge in [0.2, 0.25) is 5.91 Å². The molecule has 0 aromatic heterocycles. The first-order chi connectivity index (χ1) is 10.0. The molecule has 5 nitrogen and oxygen atoms in total. The quantitative estimate of drug-likeness (QED) is 0.569. The van der Waals surface area contributed by atoms with Crippen molar-refractivity contribution in [2.75, 3.05) is 25.0 Å². The predicted molar refractivity (Wildman–Crippen MR) is 83.3 cm³/mol. The molecule has 0 aliphatic rings. The molecule has 1 aromatic carbocycles. The third kappa shape index (κ3) is 6.29. The minimum absolute atomic E-state index is 0.0819. The number of anilines is 1. The highest BCUT2D eigenvalue weighted by molar-refractivity contribution is 5.81. The average molecular weight is 292 g/mol. The molecule has 1 rings (SSSR count). The second-order valence-corrected chi connectivity index (χ2v) is 4.88. The highest BCUT2D eigenvalue weighted by Crippen LogP contribution is 2.18. The van der Waals surface area contributed by atoms with Gasteiger partial charge < -0.3 is 15.4 Å². The predicted octanol–water partition coefficient (Wildman–Crippen LogP) is 2.17. The summed E-state index contributed by atoms with van der Waals surface area (Å²) in [6.45, 7) is 6.89. The van der Waals surface area contributed by atoms with Gasteiger partial charge in [-0.2, -0.15) is 0 Å². The van der Waals surface area contributed by atoms with Crippen molar-refractivity contribution in [1.29, 1.82) is 0 Å². The number of benzene rings is 1. The number of hydrogen-bond donors (Lipinski definition) is 2. The molecule has 116 valence electrons. The number of hydrogen-bond acceptors (Lipinski definition) is 4. The molecule has 0 aliphatic carbocycles. The van der Waals surface area contributed by atoms with Crippen LogP contribution < -0.4 is 10.6 Å². The Morgan fingerprint density at radius 2 is 1.86 bits per heavy atom. The fraction of sp³-hybridized carbons (Fsp3) is 0.500. The van der Waals surface area contributed by atoms with E-state index in [1.165, 1.54) is 0 Å². The molecule has 0 bridgehead atoms. The lowest BCUT2D eigenvalue weighted by molar-refractivity contribution is -0.143. The van der Waals surface area contributed by atoms with E-state index < -0.39 is 0 Å². The first kappa shape index (κ1) is 17.0. The number of aryl methyl sites for hydroxylation is 2. The summed E-state index contributed by atoms with van der Waals surface area (Å²) in [6.07, 6.45) is 0.923. The van der Waals surface area contributed by atoms with Crippen LogP contribution in [0.5, 0.6) is 0 Å². The molecule has 0 fully saturated rings. The van der Waals surface area contributed by atoms with Crippen molar-refractivity contribution in [1.82, 2.24) is 5.32 Å². The summed E-state index contributed by atoms with van der Waals surface area (Å²) >= 11 is 0. The lowest BCUT2D eigenvalue weighted by Crippen LogP contribution is -2.31. The topological polar surface area (TPSA) is 67.4 Å². The number of amides is 1. The van der Waals surface area contributed by atoms with Gasteiger partial charge in [-0.25, -0.2) is 0 Å². The molecule has 1 amide bonds. The minimum atomic E-state index is -0.222. The van der Waals surface area contributed by atoms with Gasteiger partial charge in [-0.05, 0) is 38.3 Å². The van der Waals surface area contributed by atoms with Gasteiger partial charge in [0.15, 0.2) is 0 Å². The van der Waals surface area contributed by atoms with E-state index in [-0.39, 0.29) is 18.4 Å². The van der Waals surface area contributed by atoms with Crippen molar-refractivity contribution >= 4 is 17.6 Å². The summed E-state index contributed by atoms with van der Waals surface area (Å²) in [7, 11) is 0. The molecule has 0 atom stereocenters. The van der Waals surface area contributed by atoms with Gasteiger partial charge in [0.1, 0.15) is 0 Å². The van der Waals surface area contributed by atoms with Gasteiger partial charge in [0.25, 0.3) is 0 Å². The van der Waals surface area contributed by atoms with Crippen molar-refractivity contribution < 1.29 is 14.3 Å². The number of carbonyl (C=O) groups is 2. The van der Waals surface area contributed by atoms with E-state index in [4.69, 9.17) is 4.74 Å². The van der Waals surface area contributed by atoms with Gasteiger partial charge in [-0.3, -0.25) is 9.59 Å². The normalized spacial score (nSPS) is 10.0. The smallest absolute Gasteiger partial charge is 0.305 e. The molecule has 0 aliphatic heterocycles. The second kappa shape index (κ2) is 9.00. The number of ether oxygens (including phenoxy) is 1. The Kier molecular flexibility index (Phi) is 7.29. The van der Waals surface area contributed by atoms with Crippen molar-refractivity contribution in [3.63, 3.8) is 0 Å². The SMILES string of the molecule is CCOC(=O)CCCNC(=O)CNc1c(C)cccc1C. The van der Waals surface area contributed by atoms with Crippen molar-refractivity contribution in [2.24, 2.45) is 0 Å². The van der Waals surface area contributed by atoms with E-state index in [0.717, 1.165) is 16.8 Å². The maximum atomic E-state index is 11.7. The van der Waals surface area contributed by atoms with E-state index in [1.807, 2.05) is 32.0 Å². The largest absolute Gasteiger partial charge is 0.466 e. The number of carbonyl (C=O) groups excluding carboxylic acids is 2. The van der Waals surface area contributed by atoms with Crippen molar-refractivity contribution in [2.45, 2.75) is 33.6 Å². The number of nitrogens with one attached hydrogen (secondary N) is 2. The van der Waals surface area contributed by atoms with Crippen LogP contribution in [0.4, 0.5) is 5.69 Å². The standard InChI is InChI=1S/C16H24N2O3/c1-4-21-15(20)9-6-10-17-14(19)11-18-16-12(2)7-5-8-13(16)3/h5,7-8,18H,4,6,9-11H2,1-3H3,(H,17,19). The number of rotatable bonds is 8. The Morgan fingerprint density at radius 3 is 2.48 bits per heavy atom. The second-order valence-electron chi connectivity index (χ2n) is 4.88. The molecule has 1 aromatic rings. The minimum Gasteiger partial charge on any atom is -0.466 e. The van der Waals surface area contributed by atoms with E-state index in [9.17, 15) is 9.59 Å². The molecule has 0 saturated heterocycles. The summed E-state index contributed by atoms with van der Waals surface area (Å²) in [5.74, 6) is -0.304. The van der Waals surface area contributed by atoms with Crippen LogP contribution in [0.15, 0.2) is 18.2 Å². The zero-order valence-corrected chi connectivity index (χ0v) is 13.0. The van der Waals surface area contributed by atoms with Gasteiger partial charge in [-0.15, -0.1) is 0 Å². The van der Waals surface area contributed by atoms with Crippen molar-refractivity contribution in [3.05, 3.63) is 29.3 Å². The summed E-state index contributed by atoms with van der Waals surface area (Å²) < 4.78 is 4.82. The molecule has 21 heavy (non-hydrogen) atoms. The Balaban J connectivity index is 2.24. The summed E-state index contributed by atoms with van der Waals surface area (Å²) in [4.78, 5) is 22.8. The summed E-state index contributed by atoms with van der Waals surface area (Å²) in [5.41, 5.74) is 3.23. The zero-order valence-electron chi connectivity index (χ0n) is 13.0. The molecular weight excluding hydrogens is 268 g/mol. The number of esters is 1. The molecule has 0 radical (unpaired) electrons. The van der Waals surface area contributed by atoms with Gasteiger partial charge >= 0.3 is 5.97 Å². The highest BCUT2D eigenvalue weighted by Gasteiger charge is 2.06. The first-order valence-electron chi connectivity index (χ1n) is 7.27. The highest BCUT2D eigenvalue weighted by atomic mass is 16.5. The fourth-order valence-corrected chi connectivity index (χ4v) is 2.02. The lowest BCUT2D eigenvalue weighted by Gasteiger charge is -2.12. The lowest BCUT2D eigenvalue weighted by atomic mass is 10.1. The van der Waals surface area contributed by atoms with Crippen LogP contribution in [0, 0.1) is 13.8 Å². The number of para-hydroxylation sites is 1. The van der Waals surface area contributed by atoms with Crippen LogP contribution in [0.25, 0.3) is 0 Å². The van der Waals surface area contributed by atoms with Crippen LogP contribution >= 0.6 is 0 Å². The third-order valence-electron chi connectivity index (χ3n) is 3.09. The Hall–Kier alpha value is -2.04. The molecule has 0 heterocycles. The van der Waals surface area contributed by atoms with Gasteiger partial charge in [0.05, 0.1) is 13.2 Å². The fourth-order valence-electron chi connectivity index (χ4n) is 2.02. The Labute approximate surface area is 126 Å². The first-order valence-corrected chi connectivity index (χ1v) is 7.27. The molecule has 0 saturated carbocycles. The summed E-state index contributed by atoms with van der Waals surface area (Å²) in [6, 6.07) is 6.00. The summed E-state index contributed by atoms with van der Waals surface area (Å²) in [5, 5.41) is 5.93. The Bertz CT molecular complexity index is 466. The maximum absolute atomic E-state index is 11.7. The average Bonchev–Trinajstić information content (AvgIpc) is 2.43. The molecule has 5 heteroatoms. The zero-order chi connectivity index (χ0) is 15.7. The van der Waals surface area contributed by atoms with Crippen LogP contribution in [0.2, 0.25) is 0 Å². The van der Waals surface area contributed by atoms with Gasteiger partial charge in [0, 0.05) is 18.7 Å². The van der Waals surface area contributed by atoms with Crippen LogP contribution in [0.3, 0.4) is 0 Å². The van der Waals surface area contributed by atoms with E-state index in [1.54, 1.807) is 6.92 Å².